The molecular weight excluding hydrogens is 202 g/mol. The minimum atomic E-state index is 0.0440. The molecule has 0 unspecified atom stereocenters. The molecule has 1 aromatic rings. The first-order valence-corrected chi connectivity index (χ1v) is 4.85. The normalized spacial score (nSPS) is 16.4. The van der Waals surface area contributed by atoms with Gasteiger partial charge in [-0.15, -0.1) is 0 Å². The molecule has 0 saturated carbocycles. The molecule has 1 aliphatic heterocycles. The van der Waals surface area contributed by atoms with Crippen LogP contribution in [0.25, 0.3) is 0 Å². The first-order valence-electron chi connectivity index (χ1n) is 4.47. The fourth-order valence-electron chi connectivity index (χ4n) is 1.62. The minimum absolute atomic E-state index is 0.0440. The van der Waals surface area contributed by atoms with Crippen molar-refractivity contribution in [2.24, 2.45) is 0 Å². The fourth-order valence-corrected chi connectivity index (χ4v) is 1.78. The average molecular weight is 212 g/mol. The lowest BCUT2D eigenvalue weighted by Crippen LogP contribution is -2.23. The van der Waals surface area contributed by atoms with Gasteiger partial charge in [-0.3, -0.25) is 4.79 Å². The summed E-state index contributed by atoms with van der Waals surface area (Å²) in [5.41, 5.74) is 0.514. The van der Waals surface area contributed by atoms with Crippen LogP contribution in [0, 0.1) is 0 Å². The molecular formula is C10H10ClNO2. The number of hydrogen-bond donors (Lipinski definition) is 1. The Kier molecular flexibility index (Phi) is 2.33. The maximum Gasteiger partial charge on any atom is 0.227 e. The lowest BCUT2D eigenvalue weighted by molar-refractivity contribution is -0.117. The van der Waals surface area contributed by atoms with Crippen LogP contribution in [-0.4, -0.2) is 17.6 Å². The number of rotatable bonds is 1. The summed E-state index contributed by atoms with van der Waals surface area (Å²) in [7, 11) is 0. The Morgan fingerprint density at radius 1 is 1.43 bits per heavy atom. The monoisotopic (exact) mass is 211 g/mol. The Labute approximate surface area is 86.9 Å². The van der Waals surface area contributed by atoms with Gasteiger partial charge in [-0.05, 0) is 24.6 Å². The van der Waals surface area contributed by atoms with E-state index in [4.69, 9.17) is 11.6 Å². The molecule has 0 spiro atoms. The highest BCUT2D eigenvalue weighted by Gasteiger charge is 2.23. The van der Waals surface area contributed by atoms with E-state index >= 15 is 0 Å². The lowest BCUT2D eigenvalue weighted by Gasteiger charge is -2.16. The molecule has 0 aromatic heterocycles. The summed E-state index contributed by atoms with van der Waals surface area (Å²) >= 11 is 5.79. The molecule has 1 aromatic carbocycles. The number of benzene rings is 1. The van der Waals surface area contributed by atoms with Crippen LogP contribution in [-0.2, 0) is 4.79 Å². The van der Waals surface area contributed by atoms with Crippen molar-refractivity contribution in [3.05, 3.63) is 23.2 Å². The highest BCUT2D eigenvalue weighted by atomic mass is 35.5. The van der Waals surface area contributed by atoms with Crippen molar-refractivity contribution in [2.45, 2.75) is 12.8 Å². The first kappa shape index (κ1) is 9.34. The number of carbonyl (C=O) groups is 1. The van der Waals surface area contributed by atoms with Crippen molar-refractivity contribution < 1.29 is 9.90 Å². The van der Waals surface area contributed by atoms with Crippen molar-refractivity contribution in [1.29, 1.82) is 0 Å². The van der Waals surface area contributed by atoms with Gasteiger partial charge in [-0.1, -0.05) is 11.6 Å². The zero-order valence-electron chi connectivity index (χ0n) is 7.53. The number of phenolic OH excluding ortho intramolecular Hbond substituents is 1. The third-order valence-electron chi connectivity index (χ3n) is 2.30. The summed E-state index contributed by atoms with van der Waals surface area (Å²) < 4.78 is 0. The minimum Gasteiger partial charge on any atom is -0.506 e. The van der Waals surface area contributed by atoms with E-state index < -0.39 is 0 Å². The lowest BCUT2D eigenvalue weighted by atomic mass is 10.2. The zero-order valence-corrected chi connectivity index (χ0v) is 8.29. The molecule has 1 N–H and O–H groups in total. The van der Waals surface area contributed by atoms with Gasteiger partial charge in [0, 0.05) is 18.0 Å². The van der Waals surface area contributed by atoms with Gasteiger partial charge in [0.1, 0.15) is 5.75 Å². The Bertz CT molecular complexity index is 378. The average Bonchev–Trinajstić information content (AvgIpc) is 2.56. The van der Waals surface area contributed by atoms with Gasteiger partial charge in [0.2, 0.25) is 5.91 Å². The second-order valence-corrected chi connectivity index (χ2v) is 3.72. The number of amides is 1. The SMILES string of the molecule is O=C1CCCN1c1cc(Cl)ccc1O. The maximum absolute atomic E-state index is 11.4. The molecule has 1 aliphatic rings. The fraction of sp³-hybridized carbons (Fsp3) is 0.300. The number of phenols is 1. The van der Waals surface area contributed by atoms with E-state index in [-0.39, 0.29) is 11.7 Å². The Morgan fingerprint density at radius 3 is 2.86 bits per heavy atom. The summed E-state index contributed by atoms with van der Waals surface area (Å²) in [6.45, 7) is 0.659. The second-order valence-electron chi connectivity index (χ2n) is 3.28. The van der Waals surface area contributed by atoms with Gasteiger partial charge in [-0.2, -0.15) is 0 Å². The molecule has 14 heavy (non-hydrogen) atoms. The van der Waals surface area contributed by atoms with Crippen LogP contribution < -0.4 is 4.90 Å². The number of hydrogen-bond acceptors (Lipinski definition) is 2. The van der Waals surface area contributed by atoms with Gasteiger partial charge in [-0.25, -0.2) is 0 Å². The van der Waals surface area contributed by atoms with Gasteiger partial charge >= 0.3 is 0 Å². The van der Waals surface area contributed by atoms with E-state index in [0.717, 1.165) is 6.42 Å². The third kappa shape index (κ3) is 1.55. The summed E-state index contributed by atoms with van der Waals surface area (Å²) in [5, 5.41) is 10.1. The molecule has 4 heteroatoms. The Hall–Kier alpha value is -1.22. The van der Waals surface area contributed by atoms with Gasteiger partial charge in [0.15, 0.2) is 0 Å². The summed E-state index contributed by atoms with van der Waals surface area (Å²) in [5.74, 6) is 0.146. The van der Waals surface area contributed by atoms with Crippen molar-refractivity contribution in [2.75, 3.05) is 11.4 Å². The van der Waals surface area contributed by atoms with Crippen LogP contribution in [0.4, 0.5) is 5.69 Å². The van der Waals surface area contributed by atoms with E-state index in [1.165, 1.54) is 6.07 Å². The van der Waals surface area contributed by atoms with Crippen LogP contribution in [0.15, 0.2) is 18.2 Å². The van der Waals surface area contributed by atoms with Gasteiger partial charge in [0.05, 0.1) is 5.69 Å². The molecule has 1 amide bonds. The van der Waals surface area contributed by atoms with Crippen molar-refractivity contribution in [3.8, 4) is 5.75 Å². The molecule has 0 aliphatic carbocycles. The quantitative estimate of drug-likeness (QED) is 0.774. The maximum atomic E-state index is 11.4. The molecule has 0 radical (unpaired) electrons. The molecule has 3 nitrogen and oxygen atoms in total. The van der Waals surface area contributed by atoms with Crippen molar-refractivity contribution in [3.63, 3.8) is 0 Å². The van der Waals surface area contributed by atoms with E-state index in [0.29, 0.717) is 23.7 Å². The highest BCUT2D eigenvalue weighted by Crippen LogP contribution is 2.32. The number of halogens is 1. The van der Waals surface area contributed by atoms with Crippen LogP contribution >= 0.6 is 11.6 Å². The summed E-state index contributed by atoms with van der Waals surface area (Å²) in [6, 6.07) is 4.71. The topological polar surface area (TPSA) is 40.5 Å². The van der Waals surface area contributed by atoms with Crippen LogP contribution in [0.2, 0.25) is 5.02 Å². The largest absolute Gasteiger partial charge is 0.506 e. The molecule has 2 rings (SSSR count). The predicted octanol–water partition coefficient (Wildman–Crippen LogP) is 2.17. The van der Waals surface area contributed by atoms with Gasteiger partial charge in [0.25, 0.3) is 0 Å². The highest BCUT2D eigenvalue weighted by molar-refractivity contribution is 6.31. The van der Waals surface area contributed by atoms with E-state index in [1.807, 2.05) is 0 Å². The van der Waals surface area contributed by atoms with Crippen molar-refractivity contribution >= 4 is 23.2 Å². The molecule has 1 fully saturated rings. The Balaban J connectivity index is 2.39. The van der Waals surface area contributed by atoms with E-state index in [9.17, 15) is 9.90 Å². The zero-order chi connectivity index (χ0) is 10.1. The summed E-state index contributed by atoms with van der Waals surface area (Å²) in [6.07, 6.45) is 1.39. The number of anilines is 1. The Morgan fingerprint density at radius 2 is 2.21 bits per heavy atom. The van der Waals surface area contributed by atoms with Crippen molar-refractivity contribution in [1.82, 2.24) is 0 Å². The third-order valence-corrected chi connectivity index (χ3v) is 2.54. The predicted molar refractivity (Wildman–Crippen MR) is 54.7 cm³/mol. The number of nitrogens with zero attached hydrogens (tertiary/aromatic N) is 1. The molecule has 74 valence electrons. The summed E-state index contributed by atoms with van der Waals surface area (Å²) in [4.78, 5) is 13.0. The first-order chi connectivity index (χ1) is 6.68. The second kappa shape index (κ2) is 3.50. The van der Waals surface area contributed by atoms with E-state index in [2.05, 4.69) is 0 Å². The van der Waals surface area contributed by atoms with E-state index in [1.54, 1.807) is 17.0 Å². The molecule has 0 atom stereocenters. The number of carbonyl (C=O) groups excluding carboxylic acids is 1. The van der Waals surface area contributed by atoms with Crippen LogP contribution in [0.1, 0.15) is 12.8 Å². The van der Waals surface area contributed by atoms with Crippen LogP contribution in [0.3, 0.4) is 0 Å². The molecule has 1 saturated heterocycles. The van der Waals surface area contributed by atoms with Crippen LogP contribution in [0.5, 0.6) is 5.75 Å². The van der Waals surface area contributed by atoms with Gasteiger partial charge < -0.3 is 10.0 Å². The molecule has 0 bridgehead atoms. The number of aromatic hydroxyl groups is 1. The smallest absolute Gasteiger partial charge is 0.227 e. The molecule has 1 heterocycles. The standard InChI is InChI=1S/C10H10ClNO2/c11-7-3-4-9(13)8(6-7)12-5-1-2-10(12)14/h3-4,6,13H,1-2,5H2.